The van der Waals surface area contributed by atoms with Crippen molar-refractivity contribution in [3.8, 4) is 0 Å². The first kappa shape index (κ1) is 19.1. The molecule has 3 rings (SSSR count). The Morgan fingerprint density at radius 3 is 2.88 bits per heavy atom. The first-order valence-corrected chi connectivity index (χ1v) is 8.11. The number of carbonyl (C=O) groups excluding carboxylic acids is 2. The van der Waals surface area contributed by atoms with Gasteiger partial charge in [0.15, 0.2) is 5.65 Å². The van der Waals surface area contributed by atoms with Gasteiger partial charge >= 0.3 is 0 Å². The van der Waals surface area contributed by atoms with Crippen molar-refractivity contribution < 1.29 is 9.59 Å². The van der Waals surface area contributed by atoms with Crippen LogP contribution in [0.25, 0.3) is 5.65 Å². The molecule has 1 saturated heterocycles. The summed E-state index contributed by atoms with van der Waals surface area (Å²) >= 11 is 0. The summed E-state index contributed by atoms with van der Waals surface area (Å²) in [5, 5.41) is 7.10. The highest BCUT2D eigenvalue weighted by Gasteiger charge is 2.28. The summed E-state index contributed by atoms with van der Waals surface area (Å²) in [7, 11) is 0. The average Bonchev–Trinajstić information content (AvgIpc) is 2.95. The third-order valence-corrected chi connectivity index (χ3v) is 4.42. The number of nitrogens with zero attached hydrogens (tertiary/aromatic N) is 4. The van der Waals surface area contributed by atoms with Crippen LogP contribution >= 0.6 is 12.4 Å². The molecule has 0 bridgehead atoms. The predicted octanol–water partition coefficient (Wildman–Crippen LogP) is 0.353. The fraction of sp³-hybridized carbons (Fsp3) is 0.500. The number of fused-ring (bicyclic) bond motifs is 1. The number of carbonyl (C=O) groups is 2. The van der Waals surface area contributed by atoms with Gasteiger partial charge in [0.2, 0.25) is 11.8 Å². The van der Waals surface area contributed by atoms with E-state index in [0.717, 1.165) is 17.8 Å². The van der Waals surface area contributed by atoms with E-state index in [1.807, 2.05) is 18.2 Å². The van der Waals surface area contributed by atoms with Gasteiger partial charge in [0.05, 0.1) is 18.2 Å². The Hall–Kier alpha value is -2.19. The number of amides is 2. The lowest BCUT2D eigenvalue weighted by molar-refractivity contribution is -0.131. The molecule has 0 aliphatic carbocycles. The molecule has 2 aromatic rings. The summed E-state index contributed by atoms with van der Waals surface area (Å²) in [5.41, 5.74) is 7.59. The second-order valence-electron chi connectivity index (χ2n) is 6.22. The van der Waals surface area contributed by atoms with Gasteiger partial charge in [-0.25, -0.2) is 9.50 Å². The molecular weight excluding hydrogens is 344 g/mol. The minimum absolute atomic E-state index is 0. The van der Waals surface area contributed by atoms with E-state index in [0.29, 0.717) is 26.1 Å². The van der Waals surface area contributed by atoms with Crippen LogP contribution in [0.5, 0.6) is 0 Å². The fourth-order valence-corrected chi connectivity index (χ4v) is 3.05. The molecule has 3 heterocycles. The average molecular weight is 367 g/mol. The van der Waals surface area contributed by atoms with Crippen LogP contribution in [0.3, 0.4) is 0 Å². The Morgan fingerprint density at radius 1 is 1.32 bits per heavy atom. The van der Waals surface area contributed by atoms with E-state index in [-0.39, 0.29) is 36.2 Å². The van der Waals surface area contributed by atoms with Crippen molar-refractivity contribution in [2.75, 3.05) is 13.1 Å². The maximum atomic E-state index is 12.5. The first-order valence-electron chi connectivity index (χ1n) is 8.11. The molecule has 1 aliphatic rings. The molecule has 9 heteroatoms. The van der Waals surface area contributed by atoms with Crippen LogP contribution in [-0.4, -0.2) is 50.4 Å². The van der Waals surface area contributed by atoms with Gasteiger partial charge in [-0.05, 0) is 25.0 Å². The SMILES string of the molecule is CC(=O)N1C[C@@H](N)CC[C@@H](C(=O)NCc2cccc3ncnn23)C1.Cl. The van der Waals surface area contributed by atoms with Gasteiger partial charge in [0, 0.05) is 26.1 Å². The zero-order chi connectivity index (χ0) is 17.1. The zero-order valence-electron chi connectivity index (χ0n) is 14.1. The van der Waals surface area contributed by atoms with Crippen molar-refractivity contribution in [1.29, 1.82) is 0 Å². The van der Waals surface area contributed by atoms with Gasteiger partial charge in [0.1, 0.15) is 6.33 Å². The van der Waals surface area contributed by atoms with Gasteiger partial charge in [-0.2, -0.15) is 5.10 Å². The lowest BCUT2D eigenvalue weighted by Crippen LogP contribution is -2.42. The van der Waals surface area contributed by atoms with E-state index < -0.39 is 0 Å². The molecule has 3 N–H and O–H groups in total. The summed E-state index contributed by atoms with van der Waals surface area (Å²) in [6.45, 7) is 2.81. The number of aromatic nitrogens is 3. The maximum Gasteiger partial charge on any atom is 0.225 e. The van der Waals surface area contributed by atoms with E-state index in [1.165, 1.54) is 13.3 Å². The highest BCUT2D eigenvalue weighted by molar-refractivity contribution is 5.85. The Balaban J connectivity index is 0.00000225. The Morgan fingerprint density at radius 2 is 2.12 bits per heavy atom. The minimum Gasteiger partial charge on any atom is -0.350 e. The van der Waals surface area contributed by atoms with E-state index in [2.05, 4.69) is 15.4 Å². The van der Waals surface area contributed by atoms with Crippen molar-refractivity contribution >= 4 is 29.9 Å². The molecule has 25 heavy (non-hydrogen) atoms. The highest BCUT2D eigenvalue weighted by Crippen LogP contribution is 2.17. The smallest absolute Gasteiger partial charge is 0.225 e. The van der Waals surface area contributed by atoms with Gasteiger partial charge in [-0.3, -0.25) is 9.59 Å². The zero-order valence-corrected chi connectivity index (χ0v) is 14.9. The molecule has 8 nitrogen and oxygen atoms in total. The van der Waals surface area contributed by atoms with E-state index >= 15 is 0 Å². The monoisotopic (exact) mass is 366 g/mol. The maximum absolute atomic E-state index is 12.5. The normalized spacial score (nSPS) is 20.6. The minimum atomic E-state index is -0.239. The van der Waals surface area contributed by atoms with E-state index in [9.17, 15) is 9.59 Å². The number of likely N-dealkylation sites (tertiary alicyclic amines) is 1. The number of pyridine rings is 1. The summed E-state index contributed by atoms with van der Waals surface area (Å²) in [6.07, 6.45) is 2.91. The first-order chi connectivity index (χ1) is 11.5. The Labute approximate surface area is 152 Å². The Kier molecular flexibility index (Phi) is 6.33. The molecule has 0 saturated carbocycles. The number of halogens is 1. The van der Waals surface area contributed by atoms with Crippen LogP contribution < -0.4 is 11.1 Å². The number of nitrogens with two attached hydrogens (primary N) is 1. The molecule has 2 aromatic heterocycles. The molecule has 136 valence electrons. The predicted molar refractivity (Wildman–Crippen MR) is 95.0 cm³/mol. The van der Waals surface area contributed by atoms with Gasteiger partial charge in [-0.15, -0.1) is 12.4 Å². The third kappa shape index (κ3) is 4.46. The summed E-state index contributed by atoms with van der Waals surface area (Å²) in [6, 6.07) is 5.56. The van der Waals surface area contributed by atoms with Gasteiger partial charge in [0.25, 0.3) is 0 Å². The van der Waals surface area contributed by atoms with Gasteiger partial charge < -0.3 is 16.0 Å². The molecule has 1 aliphatic heterocycles. The molecule has 2 amide bonds. The second kappa shape index (κ2) is 8.26. The Bertz CT molecular complexity index is 749. The van der Waals surface area contributed by atoms with E-state index in [4.69, 9.17) is 5.73 Å². The molecular formula is C16H23ClN6O2. The fourth-order valence-electron chi connectivity index (χ4n) is 3.05. The van der Waals surface area contributed by atoms with Crippen molar-refractivity contribution in [3.63, 3.8) is 0 Å². The lowest BCUT2D eigenvalue weighted by atomic mass is 10.0. The van der Waals surface area contributed by atoms with E-state index in [1.54, 1.807) is 9.42 Å². The number of hydrogen-bond donors (Lipinski definition) is 2. The standard InChI is InChI=1S/C16H22N6O2.ClH/c1-11(23)21-8-12(5-6-13(17)9-21)16(24)18-7-14-3-2-4-15-19-10-20-22(14)15;/h2-4,10,12-13H,5-9,17H2,1H3,(H,18,24);1H/t12-,13+;/m1./s1. The van der Waals surface area contributed by atoms with Crippen LogP contribution in [0.15, 0.2) is 24.5 Å². The van der Waals surface area contributed by atoms with Crippen LogP contribution in [0, 0.1) is 5.92 Å². The van der Waals surface area contributed by atoms with Crippen LogP contribution in [-0.2, 0) is 16.1 Å². The molecule has 0 aromatic carbocycles. The second-order valence-corrected chi connectivity index (χ2v) is 6.22. The summed E-state index contributed by atoms with van der Waals surface area (Å²) < 4.78 is 1.70. The molecule has 1 fully saturated rings. The number of nitrogens with one attached hydrogen (secondary N) is 1. The van der Waals surface area contributed by atoms with Crippen molar-refractivity contribution in [2.24, 2.45) is 11.7 Å². The number of hydrogen-bond acceptors (Lipinski definition) is 5. The number of rotatable bonds is 3. The topological polar surface area (TPSA) is 106 Å². The van der Waals surface area contributed by atoms with Gasteiger partial charge in [-0.1, -0.05) is 6.07 Å². The van der Waals surface area contributed by atoms with Crippen LogP contribution in [0.4, 0.5) is 0 Å². The lowest BCUT2D eigenvalue weighted by Gasteiger charge is -2.23. The largest absolute Gasteiger partial charge is 0.350 e. The van der Waals surface area contributed by atoms with Crippen LogP contribution in [0.1, 0.15) is 25.5 Å². The molecule has 0 radical (unpaired) electrons. The third-order valence-electron chi connectivity index (χ3n) is 4.42. The molecule has 2 atom stereocenters. The van der Waals surface area contributed by atoms with Crippen molar-refractivity contribution in [2.45, 2.75) is 32.4 Å². The van der Waals surface area contributed by atoms with Crippen molar-refractivity contribution in [1.82, 2.24) is 24.8 Å². The summed E-state index contributed by atoms with van der Waals surface area (Å²) in [5.74, 6) is -0.345. The van der Waals surface area contributed by atoms with Crippen LogP contribution in [0.2, 0.25) is 0 Å². The highest BCUT2D eigenvalue weighted by atomic mass is 35.5. The summed E-state index contributed by atoms with van der Waals surface area (Å²) in [4.78, 5) is 30.0. The quantitative estimate of drug-likeness (QED) is 0.815. The van der Waals surface area contributed by atoms with Crippen molar-refractivity contribution in [3.05, 3.63) is 30.2 Å². The molecule has 0 unspecified atom stereocenters. The molecule has 0 spiro atoms.